The number of anilines is 1. The summed E-state index contributed by atoms with van der Waals surface area (Å²) >= 11 is 0. The fourth-order valence-electron chi connectivity index (χ4n) is 2.95. The highest BCUT2D eigenvalue weighted by Gasteiger charge is 2.36. The molecule has 1 amide bonds. The first-order chi connectivity index (χ1) is 11.5. The van der Waals surface area contributed by atoms with Crippen molar-refractivity contribution >= 4 is 11.6 Å². The third-order valence-electron chi connectivity index (χ3n) is 4.33. The molecule has 0 unspecified atom stereocenters. The second kappa shape index (κ2) is 7.01. The molecular formula is C19H21FN2O2. The van der Waals surface area contributed by atoms with Crippen LogP contribution in [0.25, 0.3) is 0 Å². The maximum Gasteiger partial charge on any atom is 0.244 e. The minimum Gasteiger partial charge on any atom is -0.489 e. The van der Waals surface area contributed by atoms with Crippen molar-refractivity contribution in [1.29, 1.82) is 0 Å². The zero-order valence-corrected chi connectivity index (χ0v) is 13.4. The zero-order chi connectivity index (χ0) is 17.0. The molecule has 0 radical (unpaired) electrons. The van der Waals surface area contributed by atoms with E-state index in [1.807, 2.05) is 0 Å². The summed E-state index contributed by atoms with van der Waals surface area (Å²) < 4.78 is 18.8. The van der Waals surface area contributed by atoms with Crippen LogP contribution in [0.3, 0.4) is 0 Å². The summed E-state index contributed by atoms with van der Waals surface area (Å²) in [6.07, 6.45) is 3.41. The van der Waals surface area contributed by atoms with Crippen molar-refractivity contribution in [2.24, 2.45) is 5.73 Å². The molecule has 0 bridgehead atoms. The van der Waals surface area contributed by atoms with Crippen LogP contribution in [0.1, 0.15) is 31.2 Å². The van der Waals surface area contributed by atoms with E-state index < -0.39 is 5.54 Å². The van der Waals surface area contributed by atoms with Gasteiger partial charge in [0.05, 0.1) is 5.54 Å². The first-order valence-electron chi connectivity index (χ1n) is 8.13. The van der Waals surface area contributed by atoms with E-state index in [2.05, 4.69) is 5.32 Å². The fourth-order valence-corrected chi connectivity index (χ4v) is 2.95. The molecule has 2 aromatic carbocycles. The minimum atomic E-state index is -0.765. The van der Waals surface area contributed by atoms with Gasteiger partial charge in [-0.2, -0.15) is 0 Å². The van der Waals surface area contributed by atoms with E-state index in [9.17, 15) is 9.18 Å². The molecule has 5 heteroatoms. The number of hydrogen-bond acceptors (Lipinski definition) is 3. The Bertz CT molecular complexity index is 727. The number of nitrogens with one attached hydrogen (secondary N) is 1. The molecule has 0 atom stereocenters. The Hall–Kier alpha value is -2.40. The van der Waals surface area contributed by atoms with Crippen LogP contribution in [-0.4, -0.2) is 11.4 Å². The van der Waals surface area contributed by atoms with Crippen molar-refractivity contribution in [2.45, 2.75) is 37.8 Å². The monoisotopic (exact) mass is 328 g/mol. The van der Waals surface area contributed by atoms with Gasteiger partial charge in [-0.1, -0.05) is 31.0 Å². The Kier molecular flexibility index (Phi) is 4.81. The van der Waals surface area contributed by atoms with Gasteiger partial charge in [0.15, 0.2) is 0 Å². The molecule has 1 saturated carbocycles. The van der Waals surface area contributed by atoms with E-state index in [-0.39, 0.29) is 18.3 Å². The van der Waals surface area contributed by atoms with E-state index in [0.717, 1.165) is 18.4 Å². The largest absolute Gasteiger partial charge is 0.489 e. The normalized spacial score (nSPS) is 15.9. The SMILES string of the molecule is NC1(C(=O)Nc2cccc(OCc3cccc(F)c3)c2)CCCC1. The lowest BCUT2D eigenvalue weighted by Crippen LogP contribution is -2.48. The van der Waals surface area contributed by atoms with Crippen LogP contribution < -0.4 is 15.8 Å². The smallest absolute Gasteiger partial charge is 0.244 e. The van der Waals surface area contributed by atoms with E-state index in [4.69, 9.17) is 10.5 Å². The number of carbonyl (C=O) groups excluding carboxylic acids is 1. The molecule has 0 heterocycles. The van der Waals surface area contributed by atoms with E-state index >= 15 is 0 Å². The number of carbonyl (C=O) groups is 1. The Balaban J connectivity index is 1.62. The van der Waals surface area contributed by atoms with Crippen LogP contribution in [0.2, 0.25) is 0 Å². The summed E-state index contributed by atoms with van der Waals surface area (Å²) in [6, 6.07) is 13.4. The molecule has 1 aliphatic rings. The number of amides is 1. The molecule has 2 aromatic rings. The molecular weight excluding hydrogens is 307 g/mol. The van der Waals surface area contributed by atoms with Crippen molar-refractivity contribution in [3.05, 3.63) is 59.9 Å². The number of ether oxygens (including phenoxy) is 1. The summed E-state index contributed by atoms with van der Waals surface area (Å²) in [5, 5.41) is 2.87. The molecule has 4 nitrogen and oxygen atoms in total. The minimum absolute atomic E-state index is 0.151. The molecule has 1 fully saturated rings. The quantitative estimate of drug-likeness (QED) is 0.881. The number of hydrogen-bond donors (Lipinski definition) is 2. The third-order valence-corrected chi connectivity index (χ3v) is 4.33. The summed E-state index contributed by atoms with van der Waals surface area (Å²) in [5.74, 6) is 0.166. The van der Waals surface area contributed by atoms with Crippen molar-refractivity contribution < 1.29 is 13.9 Å². The molecule has 0 spiro atoms. The van der Waals surface area contributed by atoms with Gasteiger partial charge in [-0.05, 0) is 42.7 Å². The molecule has 24 heavy (non-hydrogen) atoms. The van der Waals surface area contributed by atoms with Gasteiger partial charge in [0.25, 0.3) is 0 Å². The Morgan fingerprint density at radius 3 is 2.67 bits per heavy atom. The molecule has 1 aliphatic carbocycles. The van der Waals surface area contributed by atoms with Crippen molar-refractivity contribution in [1.82, 2.24) is 0 Å². The second-order valence-corrected chi connectivity index (χ2v) is 6.26. The lowest BCUT2D eigenvalue weighted by atomic mass is 9.98. The Labute approximate surface area is 140 Å². The second-order valence-electron chi connectivity index (χ2n) is 6.26. The average Bonchev–Trinajstić information content (AvgIpc) is 3.02. The van der Waals surface area contributed by atoms with E-state index in [0.29, 0.717) is 24.3 Å². The van der Waals surface area contributed by atoms with Crippen molar-refractivity contribution in [3.63, 3.8) is 0 Å². The first-order valence-corrected chi connectivity index (χ1v) is 8.13. The highest BCUT2D eigenvalue weighted by Crippen LogP contribution is 2.29. The van der Waals surface area contributed by atoms with Gasteiger partial charge >= 0.3 is 0 Å². The first kappa shape index (κ1) is 16.5. The number of benzene rings is 2. The van der Waals surface area contributed by atoms with Gasteiger partial charge in [-0.3, -0.25) is 4.79 Å². The predicted octanol–water partition coefficient (Wildman–Crippen LogP) is 3.61. The average molecular weight is 328 g/mol. The van der Waals surface area contributed by atoms with E-state index in [1.54, 1.807) is 36.4 Å². The molecule has 0 saturated heterocycles. The van der Waals surface area contributed by atoms with Crippen LogP contribution >= 0.6 is 0 Å². The maximum atomic E-state index is 13.2. The summed E-state index contributed by atoms with van der Waals surface area (Å²) in [5.41, 5.74) is 6.79. The standard InChI is InChI=1S/C19H21FN2O2/c20-15-6-3-5-14(11-15)13-24-17-8-4-7-16(12-17)22-18(23)19(21)9-1-2-10-19/h3-8,11-12H,1-2,9-10,13,21H2,(H,22,23). The van der Waals surface area contributed by atoms with Gasteiger partial charge in [0.1, 0.15) is 18.2 Å². The number of halogens is 1. The number of nitrogens with two attached hydrogens (primary N) is 1. The van der Waals surface area contributed by atoms with Crippen LogP contribution in [0.5, 0.6) is 5.75 Å². The highest BCUT2D eigenvalue weighted by molar-refractivity contribution is 5.98. The van der Waals surface area contributed by atoms with Crippen LogP contribution in [0.15, 0.2) is 48.5 Å². The maximum absolute atomic E-state index is 13.2. The molecule has 126 valence electrons. The molecule has 0 aromatic heterocycles. The fraction of sp³-hybridized carbons (Fsp3) is 0.316. The van der Waals surface area contributed by atoms with Gasteiger partial charge in [-0.15, -0.1) is 0 Å². The van der Waals surface area contributed by atoms with Gasteiger partial charge < -0.3 is 15.8 Å². The third kappa shape index (κ3) is 3.92. The van der Waals surface area contributed by atoms with Gasteiger partial charge in [0.2, 0.25) is 5.91 Å². The topological polar surface area (TPSA) is 64.4 Å². The number of rotatable bonds is 5. The van der Waals surface area contributed by atoms with Gasteiger partial charge in [0, 0.05) is 11.8 Å². The summed E-state index contributed by atoms with van der Waals surface area (Å²) in [6.45, 7) is 0.260. The van der Waals surface area contributed by atoms with Gasteiger partial charge in [-0.25, -0.2) is 4.39 Å². The van der Waals surface area contributed by atoms with Crippen molar-refractivity contribution in [3.8, 4) is 5.75 Å². The predicted molar refractivity (Wildman–Crippen MR) is 91.2 cm³/mol. The molecule has 3 N–H and O–H groups in total. The summed E-state index contributed by atoms with van der Waals surface area (Å²) in [7, 11) is 0. The Morgan fingerprint density at radius 2 is 1.92 bits per heavy atom. The van der Waals surface area contributed by atoms with Crippen molar-refractivity contribution in [2.75, 3.05) is 5.32 Å². The molecule has 3 rings (SSSR count). The molecule has 0 aliphatic heterocycles. The lowest BCUT2D eigenvalue weighted by Gasteiger charge is -2.22. The van der Waals surface area contributed by atoms with Crippen LogP contribution in [0, 0.1) is 5.82 Å². The van der Waals surface area contributed by atoms with Crippen LogP contribution in [0.4, 0.5) is 10.1 Å². The van der Waals surface area contributed by atoms with Crippen LogP contribution in [-0.2, 0) is 11.4 Å². The zero-order valence-electron chi connectivity index (χ0n) is 13.4. The lowest BCUT2D eigenvalue weighted by molar-refractivity contribution is -0.121. The Morgan fingerprint density at radius 1 is 1.17 bits per heavy atom. The summed E-state index contributed by atoms with van der Waals surface area (Å²) in [4.78, 5) is 12.3. The highest BCUT2D eigenvalue weighted by atomic mass is 19.1. The van der Waals surface area contributed by atoms with E-state index in [1.165, 1.54) is 12.1 Å².